The molecule has 1 N–H and O–H groups in total. The van der Waals surface area contributed by atoms with Crippen molar-refractivity contribution in [2.75, 3.05) is 5.32 Å². The van der Waals surface area contributed by atoms with Crippen molar-refractivity contribution in [1.29, 1.82) is 0 Å². The summed E-state index contributed by atoms with van der Waals surface area (Å²) in [6.07, 6.45) is 2.44. The maximum Gasteiger partial charge on any atom is 0.259 e. The molecule has 29 heavy (non-hydrogen) atoms. The monoisotopic (exact) mass is 387 g/mol. The lowest BCUT2D eigenvalue weighted by Gasteiger charge is -2.07. The first kappa shape index (κ1) is 18.6. The van der Waals surface area contributed by atoms with Crippen LogP contribution in [0.2, 0.25) is 0 Å². The number of benzene rings is 2. The first-order valence-electron chi connectivity index (χ1n) is 9.42. The minimum atomic E-state index is -0.182. The zero-order valence-electron chi connectivity index (χ0n) is 16.5. The summed E-state index contributed by atoms with van der Waals surface area (Å²) in [4.78, 5) is 17.0. The SMILES string of the molecule is CCc1nc(-c2ccc(-n3cc(C(=O)Nc4ccccc4C)c(C)n3)cc2)no1. The molecule has 1 amide bonds. The molecule has 0 radical (unpaired) electrons. The third-order valence-electron chi connectivity index (χ3n) is 4.70. The van der Waals surface area contributed by atoms with Gasteiger partial charge in [-0.2, -0.15) is 10.1 Å². The van der Waals surface area contributed by atoms with E-state index in [0.717, 1.165) is 22.5 Å². The van der Waals surface area contributed by atoms with E-state index in [4.69, 9.17) is 4.52 Å². The van der Waals surface area contributed by atoms with Gasteiger partial charge in [0.15, 0.2) is 0 Å². The molecule has 0 aliphatic heterocycles. The van der Waals surface area contributed by atoms with Gasteiger partial charge >= 0.3 is 0 Å². The van der Waals surface area contributed by atoms with Crippen LogP contribution in [-0.2, 0) is 6.42 Å². The van der Waals surface area contributed by atoms with Gasteiger partial charge in [-0.05, 0) is 49.7 Å². The molecule has 0 saturated heterocycles. The highest BCUT2D eigenvalue weighted by Crippen LogP contribution is 2.20. The number of amides is 1. The summed E-state index contributed by atoms with van der Waals surface area (Å²) < 4.78 is 6.86. The smallest absolute Gasteiger partial charge is 0.259 e. The lowest BCUT2D eigenvalue weighted by molar-refractivity contribution is 0.102. The Labute approximate surface area is 168 Å². The van der Waals surface area contributed by atoms with Crippen LogP contribution in [0.3, 0.4) is 0 Å². The van der Waals surface area contributed by atoms with Gasteiger partial charge in [-0.1, -0.05) is 30.3 Å². The van der Waals surface area contributed by atoms with Gasteiger partial charge in [0.25, 0.3) is 5.91 Å². The molecule has 4 rings (SSSR count). The standard InChI is InChI=1S/C22H21N5O2/c1-4-20-24-21(26-29-20)16-9-11-17(12-10-16)27-13-18(15(3)25-27)22(28)23-19-8-6-5-7-14(19)2/h5-13H,4H2,1-3H3,(H,23,28). The van der Waals surface area contributed by atoms with Gasteiger partial charge < -0.3 is 9.84 Å². The van der Waals surface area contributed by atoms with Gasteiger partial charge in [-0.25, -0.2) is 4.68 Å². The molecule has 7 nitrogen and oxygen atoms in total. The van der Waals surface area contributed by atoms with Crippen LogP contribution in [0.4, 0.5) is 5.69 Å². The van der Waals surface area contributed by atoms with Crippen molar-refractivity contribution in [3.8, 4) is 17.1 Å². The van der Waals surface area contributed by atoms with E-state index in [9.17, 15) is 4.79 Å². The average molecular weight is 387 g/mol. The van der Waals surface area contributed by atoms with Crippen LogP contribution in [0.5, 0.6) is 0 Å². The predicted octanol–water partition coefficient (Wildman–Crippen LogP) is 4.35. The zero-order valence-corrected chi connectivity index (χ0v) is 16.5. The van der Waals surface area contributed by atoms with Crippen molar-refractivity contribution in [3.63, 3.8) is 0 Å². The molecule has 0 aliphatic rings. The number of carbonyl (C=O) groups excluding carboxylic acids is 1. The number of nitrogens with one attached hydrogen (secondary N) is 1. The summed E-state index contributed by atoms with van der Waals surface area (Å²) in [5, 5.41) is 11.4. The molecule has 0 fully saturated rings. The number of hydrogen-bond acceptors (Lipinski definition) is 5. The van der Waals surface area contributed by atoms with E-state index in [-0.39, 0.29) is 5.91 Å². The molecule has 0 unspecified atom stereocenters. The molecule has 146 valence electrons. The Hall–Kier alpha value is -3.74. The molecule has 2 aromatic carbocycles. The lowest BCUT2D eigenvalue weighted by Crippen LogP contribution is -2.13. The van der Waals surface area contributed by atoms with E-state index in [1.165, 1.54) is 0 Å². The second kappa shape index (κ2) is 7.71. The van der Waals surface area contributed by atoms with E-state index in [0.29, 0.717) is 29.4 Å². The number of hydrogen-bond donors (Lipinski definition) is 1. The van der Waals surface area contributed by atoms with Crippen molar-refractivity contribution in [2.24, 2.45) is 0 Å². The maximum absolute atomic E-state index is 12.7. The van der Waals surface area contributed by atoms with Crippen molar-refractivity contribution in [2.45, 2.75) is 27.2 Å². The van der Waals surface area contributed by atoms with Gasteiger partial charge in [0.2, 0.25) is 11.7 Å². The van der Waals surface area contributed by atoms with Crippen LogP contribution >= 0.6 is 0 Å². The van der Waals surface area contributed by atoms with E-state index in [2.05, 4.69) is 20.6 Å². The summed E-state index contributed by atoms with van der Waals surface area (Å²) in [6.45, 7) is 5.75. The number of nitrogens with zero attached hydrogens (tertiary/aromatic N) is 4. The van der Waals surface area contributed by atoms with Crippen LogP contribution in [0, 0.1) is 13.8 Å². The fraction of sp³-hybridized carbons (Fsp3) is 0.182. The molecule has 0 bridgehead atoms. The Morgan fingerprint density at radius 3 is 2.55 bits per heavy atom. The number of rotatable bonds is 5. The average Bonchev–Trinajstić information content (AvgIpc) is 3.36. The summed E-state index contributed by atoms with van der Waals surface area (Å²) in [5.41, 5.74) is 4.69. The normalized spacial score (nSPS) is 10.9. The van der Waals surface area contributed by atoms with E-state index < -0.39 is 0 Å². The first-order valence-corrected chi connectivity index (χ1v) is 9.42. The van der Waals surface area contributed by atoms with Gasteiger partial charge in [-0.15, -0.1) is 0 Å². The van der Waals surface area contributed by atoms with Crippen molar-refractivity contribution in [1.82, 2.24) is 19.9 Å². The quantitative estimate of drug-likeness (QED) is 0.550. The first-order chi connectivity index (χ1) is 14.0. The van der Waals surface area contributed by atoms with Crippen molar-refractivity contribution in [3.05, 3.63) is 77.4 Å². The molecule has 0 spiro atoms. The van der Waals surface area contributed by atoms with Crippen molar-refractivity contribution < 1.29 is 9.32 Å². The summed E-state index contributed by atoms with van der Waals surface area (Å²) in [6, 6.07) is 15.3. The molecule has 2 heterocycles. The molecule has 0 atom stereocenters. The molecule has 2 aromatic heterocycles. The van der Waals surface area contributed by atoms with E-state index in [1.54, 1.807) is 10.9 Å². The molecule has 4 aromatic rings. The predicted molar refractivity (Wildman–Crippen MR) is 110 cm³/mol. The number of carbonyl (C=O) groups is 1. The van der Waals surface area contributed by atoms with Crippen LogP contribution < -0.4 is 5.32 Å². The molecular formula is C22H21N5O2. The highest BCUT2D eigenvalue weighted by atomic mass is 16.5. The van der Waals surface area contributed by atoms with Gasteiger partial charge in [0.1, 0.15) is 0 Å². The van der Waals surface area contributed by atoms with Gasteiger partial charge in [-0.3, -0.25) is 4.79 Å². The largest absolute Gasteiger partial charge is 0.339 e. The number of anilines is 1. The Bertz CT molecular complexity index is 1160. The second-order valence-electron chi connectivity index (χ2n) is 6.75. The Morgan fingerprint density at radius 2 is 1.86 bits per heavy atom. The topological polar surface area (TPSA) is 85.8 Å². The van der Waals surface area contributed by atoms with Gasteiger partial charge in [0, 0.05) is 23.9 Å². The van der Waals surface area contributed by atoms with Crippen molar-refractivity contribution >= 4 is 11.6 Å². The van der Waals surface area contributed by atoms with Crippen LogP contribution in [0.1, 0.15) is 34.4 Å². The summed E-state index contributed by atoms with van der Waals surface area (Å²) >= 11 is 0. The third kappa shape index (κ3) is 3.80. The molecule has 7 heteroatoms. The minimum Gasteiger partial charge on any atom is -0.339 e. The fourth-order valence-electron chi connectivity index (χ4n) is 3.00. The Balaban J connectivity index is 1.55. The second-order valence-corrected chi connectivity index (χ2v) is 6.75. The van der Waals surface area contributed by atoms with Crippen LogP contribution in [-0.4, -0.2) is 25.8 Å². The van der Waals surface area contributed by atoms with Gasteiger partial charge in [0.05, 0.1) is 16.9 Å². The van der Waals surface area contributed by atoms with Crippen LogP contribution in [0.25, 0.3) is 17.1 Å². The Kier molecular flexibility index (Phi) is 4.95. The highest BCUT2D eigenvalue weighted by molar-refractivity contribution is 6.05. The number of para-hydroxylation sites is 1. The van der Waals surface area contributed by atoms with E-state index >= 15 is 0 Å². The molecule has 0 saturated carbocycles. The van der Waals surface area contributed by atoms with E-state index in [1.807, 2.05) is 69.3 Å². The van der Waals surface area contributed by atoms with Crippen LogP contribution in [0.15, 0.2) is 59.3 Å². The molecular weight excluding hydrogens is 366 g/mol. The Morgan fingerprint density at radius 1 is 1.10 bits per heavy atom. The zero-order chi connectivity index (χ0) is 20.4. The minimum absolute atomic E-state index is 0.182. The maximum atomic E-state index is 12.7. The number of aromatic nitrogens is 4. The number of aryl methyl sites for hydroxylation is 3. The lowest BCUT2D eigenvalue weighted by atomic mass is 10.2. The fourth-order valence-corrected chi connectivity index (χ4v) is 3.00. The molecule has 0 aliphatic carbocycles. The summed E-state index contributed by atoms with van der Waals surface area (Å²) in [5.74, 6) is 0.984. The summed E-state index contributed by atoms with van der Waals surface area (Å²) in [7, 11) is 0. The third-order valence-corrected chi connectivity index (χ3v) is 4.70. The highest BCUT2D eigenvalue weighted by Gasteiger charge is 2.15.